The van der Waals surface area contributed by atoms with Crippen LogP contribution in [0.5, 0.6) is 0 Å². The molecule has 1 aromatic rings. The zero-order chi connectivity index (χ0) is 30.4. The van der Waals surface area contributed by atoms with Gasteiger partial charge in [-0.15, -0.1) is 0 Å². The number of imide groups is 1. The highest BCUT2D eigenvalue weighted by molar-refractivity contribution is 6.03. The van der Waals surface area contributed by atoms with E-state index in [4.69, 9.17) is 4.74 Å². The van der Waals surface area contributed by atoms with Crippen molar-refractivity contribution >= 4 is 35.4 Å². The molecule has 3 fully saturated rings. The Labute approximate surface area is 245 Å². The molecule has 0 aromatic heterocycles. The van der Waals surface area contributed by atoms with E-state index in [-0.39, 0.29) is 36.3 Å². The molecule has 13 heteroatoms. The summed E-state index contributed by atoms with van der Waals surface area (Å²) in [5.74, 6) is -2.27. The lowest BCUT2D eigenvalue weighted by molar-refractivity contribution is -0.135. The van der Waals surface area contributed by atoms with E-state index in [0.717, 1.165) is 0 Å². The Balaban J connectivity index is 1.17. The number of amides is 5. The number of hydrogen-bond donors (Lipinski definition) is 3. The third-order valence-electron chi connectivity index (χ3n) is 7.69. The molecule has 1 atom stereocenters. The molecule has 3 aliphatic heterocycles. The fourth-order valence-electron chi connectivity index (χ4n) is 5.34. The lowest BCUT2D eigenvalue weighted by Crippen LogP contribution is -2.52. The Kier molecular flexibility index (Phi) is 10.0. The van der Waals surface area contributed by atoms with Gasteiger partial charge in [0.05, 0.1) is 5.56 Å². The minimum absolute atomic E-state index is 0.00407. The van der Waals surface area contributed by atoms with Crippen LogP contribution >= 0.6 is 0 Å². The summed E-state index contributed by atoms with van der Waals surface area (Å²) >= 11 is 0. The average molecular weight is 589 g/mol. The summed E-state index contributed by atoms with van der Waals surface area (Å²) in [4.78, 5) is 66.6. The van der Waals surface area contributed by atoms with Gasteiger partial charge in [0.2, 0.25) is 17.7 Å². The van der Waals surface area contributed by atoms with E-state index in [1.54, 1.807) is 6.07 Å². The molecule has 230 valence electrons. The monoisotopic (exact) mass is 588 g/mol. The number of nitrogens with zero attached hydrogens (tertiary/aromatic N) is 3. The summed E-state index contributed by atoms with van der Waals surface area (Å²) < 4.78 is 20.2. The molecule has 1 aromatic carbocycles. The second kappa shape index (κ2) is 13.5. The van der Waals surface area contributed by atoms with Crippen molar-refractivity contribution < 1.29 is 33.1 Å². The van der Waals surface area contributed by atoms with Gasteiger partial charge in [-0.05, 0) is 58.2 Å². The van der Waals surface area contributed by atoms with Crippen LogP contribution in [0, 0.1) is 5.82 Å². The number of nitrogens with one attached hydrogen (secondary N) is 3. The Morgan fingerprint density at radius 1 is 1.00 bits per heavy atom. The van der Waals surface area contributed by atoms with E-state index in [1.165, 1.54) is 12.1 Å². The number of anilines is 1. The van der Waals surface area contributed by atoms with Gasteiger partial charge in [-0.2, -0.15) is 0 Å². The van der Waals surface area contributed by atoms with Crippen LogP contribution in [0.3, 0.4) is 0 Å². The second-order valence-electron chi connectivity index (χ2n) is 12.0. The Morgan fingerprint density at radius 2 is 1.69 bits per heavy atom. The molecule has 5 amide bonds. The van der Waals surface area contributed by atoms with Gasteiger partial charge in [-0.25, -0.2) is 9.18 Å². The molecule has 12 nitrogen and oxygen atoms in total. The van der Waals surface area contributed by atoms with Crippen molar-refractivity contribution in [3.8, 4) is 0 Å². The van der Waals surface area contributed by atoms with Crippen molar-refractivity contribution in [1.82, 2.24) is 25.8 Å². The smallest absolute Gasteiger partial charge is 0.407 e. The lowest BCUT2D eigenvalue weighted by Gasteiger charge is -2.37. The summed E-state index contributed by atoms with van der Waals surface area (Å²) in [5.41, 5.74) is -0.0552. The fourth-order valence-corrected chi connectivity index (χ4v) is 5.34. The predicted molar refractivity (Wildman–Crippen MR) is 152 cm³/mol. The van der Waals surface area contributed by atoms with Gasteiger partial charge in [-0.1, -0.05) is 0 Å². The number of ether oxygens (including phenoxy) is 1. The molecular weight excluding hydrogens is 547 g/mol. The average Bonchev–Trinajstić information content (AvgIpc) is 2.92. The second-order valence-corrected chi connectivity index (χ2v) is 12.0. The highest BCUT2D eigenvalue weighted by atomic mass is 19.1. The minimum atomic E-state index is -0.873. The fraction of sp³-hybridized carbons (Fsp3) is 0.621. The summed E-state index contributed by atoms with van der Waals surface area (Å²) in [6.07, 6.45) is 1.66. The number of hydrogen-bond acceptors (Lipinski definition) is 8. The molecule has 0 saturated carbocycles. The van der Waals surface area contributed by atoms with E-state index >= 15 is 0 Å². The molecule has 0 aliphatic carbocycles. The van der Waals surface area contributed by atoms with E-state index in [9.17, 15) is 28.4 Å². The number of carbonyl (C=O) groups is 5. The van der Waals surface area contributed by atoms with Crippen LogP contribution in [-0.2, 0) is 19.1 Å². The minimum Gasteiger partial charge on any atom is -0.444 e. The molecule has 4 rings (SSSR count). The zero-order valence-corrected chi connectivity index (χ0v) is 24.5. The molecule has 42 heavy (non-hydrogen) atoms. The van der Waals surface area contributed by atoms with Crippen molar-refractivity contribution in [2.75, 3.05) is 50.7 Å². The lowest BCUT2D eigenvalue weighted by atomic mass is 10.0. The number of benzene rings is 1. The van der Waals surface area contributed by atoms with Gasteiger partial charge in [0.25, 0.3) is 5.91 Å². The topological polar surface area (TPSA) is 140 Å². The summed E-state index contributed by atoms with van der Waals surface area (Å²) in [6, 6.07) is 3.53. The summed E-state index contributed by atoms with van der Waals surface area (Å²) in [6.45, 7) is 10.0. The van der Waals surface area contributed by atoms with Crippen molar-refractivity contribution in [2.45, 2.75) is 70.6 Å². The zero-order valence-electron chi connectivity index (χ0n) is 24.5. The van der Waals surface area contributed by atoms with Crippen LogP contribution in [-0.4, -0.2) is 103 Å². The standard InChI is InChI=1S/C29H41FN6O6/c1-29(2,3)42-28(41)31-19-8-12-36(13-9-19)25(38)10-11-34-14-16-35(17-15-34)20-4-5-21(22(30)18-20)26(39)32-23-6-7-24(37)33-27(23)40/h4-5,18-19,23H,6-17H2,1-3H3,(H,31,41)(H,32,39)(H,33,37,40). The maximum atomic E-state index is 14.9. The van der Waals surface area contributed by atoms with Gasteiger partial charge in [-0.3, -0.25) is 29.4 Å². The maximum Gasteiger partial charge on any atom is 0.407 e. The predicted octanol–water partition coefficient (Wildman–Crippen LogP) is 1.39. The van der Waals surface area contributed by atoms with Gasteiger partial charge in [0, 0.05) is 70.4 Å². The number of rotatable bonds is 7. The highest BCUT2D eigenvalue weighted by Crippen LogP contribution is 2.21. The maximum absolute atomic E-state index is 14.9. The normalized spacial score (nSPS) is 20.6. The van der Waals surface area contributed by atoms with Crippen molar-refractivity contribution in [1.29, 1.82) is 0 Å². The number of halogens is 1. The molecule has 3 N–H and O–H groups in total. The Hall–Kier alpha value is -3.74. The molecule has 0 radical (unpaired) electrons. The first-order valence-electron chi connectivity index (χ1n) is 14.6. The SMILES string of the molecule is CC(C)(C)OC(=O)NC1CCN(C(=O)CCN2CCN(c3ccc(C(=O)NC4CCC(=O)NC4=O)c(F)c3)CC2)CC1. The number of carbonyl (C=O) groups excluding carboxylic acids is 5. The summed E-state index contributed by atoms with van der Waals surface area (Å²) in [7, 11) is 0. The number of likely N-dealkylation sites (tertiary alicyclic amines) is 1. The third-order valence-corrected chi connectivity index (χ3v) is 7.69. The van der Waals surface area contributed by atoms with Gasteiger partial charge in [0.1, 0.15) is 17.5 Å². The van der Waals surface area contributed by atoms with Crippen LogP contribution in [0.2, 0.25) is 0 Å². The first-order valence-corrected chi connectivity index (χ1v) is 14.6. The van der Waals surface area contributed by atoms with E-state index < -0.39 is 35.4 Å². The number of alkyl carbamates (subject to hydrolysis) is 1. The number of piperazine rings is 1. The van der Waals surface area contributed by atoms with Gasteiger partial charge >= 0.3 is 6.09 Å². The largest absolute Gasteiger partial charge is 0.444 e. The molecule has 3 heterocycles. The molecule has 0 bridgehead atoms. The highest BCUT2D eigenvalue weighted by Gasteiger charge is 2.30. The molecule has 0 spiro atoms. The van der Waals surface area contributed by atoms with E-state index in [2.05, 4.69) is 20.9 Å². The van der Waals surface area contributed by atoms with E-state index in [0.29, 0.717) is 70.8 Å². The van der Waals surface area contributed by atoms with Crippen LogP contribution in [0.1, 0.15) is 63.2 Å². The molecular formula is C29H41FN6O6. The van der Waals surface area contributed by atoms with Crippen LogP contribution in [0.15, 0.2) is 18.2 Å². The Morgan fingerprint density at radius 3 is 2.31 bits per heavy atom. The molecule has 1 unspecified atom stereocenters. The first-order chi connectivity index (χ1) is 19.9. The van der Waals surface area contributed by atoms with Crippen molar-refractivity contribution in [2.24, 2.45) is 0 Å². The van der Waals surface area contributed by atoms with Crippen LogP contribution < -0.4 is 20.9 Å². The third kappa shape index (κ3) is 8.63. The van der Waals surface area contributed by atoms with Crippen LogP contribution in [0.4, 0.5) is 14.9 Å². The van der Waals surface area contributed by atoms with Gasteiger partial charge in [0.15, 0.2) is 0 Å². The van der Waals surface area contributed by atoms with Crippen LogP contribution in [0.25, 0.3) is 0 Å². The van der Waals surface area contributed by atoms with Gasteiger partial charge < -0.3 is 25.2 Å². The van der Waals surface area contributed by atoms with Crippen molar-refractivity contribution in [3.05, 3.63) is 29.6 Å². The Bertz CT molecular complexity index is 1190. The summed E-state index contributed by atoms with van der Waals surface area (Å²) in [5, 5.41) is 7.55. The first kappa shape index (κ1) is 31.2. The van der Waals surface area contributed by atoms with E-state index in [1.807, 2.05) is 30.6 Å². The quantitative estimate of drug-likeness (QED) is 0.406. The van der Waals surface area contributed by atoms with Crippen molar-refractivity contribution in [3.63, 3.8) is 0 Å². The molecule has 3 saturated heterocycles. The number of piperidine rings is 2. The molecule has 3 aliphatic rings.